The van der Waals surface area contributed by atoms with E-state index < -0.39 is 0 Å². The Morgan fingerprint density at radius 2 is 2.00 bits per heavy atom. The molecule has 7 heteroatoms. The number of hydrogen-bond donors (Lipinski definition) is 1. The number of pyridine rings is 1. The van der Waals surface area contributed by atoms with Crippen molar-refractivity contribution in [3.63, 3.8) is 0 Å². The van der Waals surface area contributed by atoms with Gasteiger partial charge in [-0.05, 0) is 32.0 Å². The first-order chi connectivity index (χ1) is 12.6. The van der Waals surface area contributed by atoms with Crippen molar-refractivity contribution < 1.29 is 9.53 Å². The third-order valence-electron chi connectivity index (χ3n) is 4.06. The molecule has 134 valence electrons. The molecule has 3 rings (SSSR count). The Morgan fingerprint density at radius 3 is 2.69 bits per heavy atom. The fourth-order valence-electron chi connectivity index (χ4n) is 2.68. The first-order valence-electron chi connectivity index (χ1n) is 8.42. The van der Waals surface area contributed by atoms with Crippen molar-refractivity contribution in [1.82, 2.24) is 25.1 Å². The van der Waals surface area contributed by atoms with E-state index in [4.69, 9.17) is 4.74 Å². The number of nitrogens with zero attached hydrogens (tertiary/aromatic N) is 4. The molecule has 0 radical (unpaired) electrons. The minimum absolute atomic E-state index is 0.159. The maximum absolute atomic E-state index is 12.5. The highest BCUT2D eigenvalue weighted by Crippen LogP contribution is 2.20. The molecule has 3 aromatic rings. The van der Waals surface area contributed by atoms with Crippen LogP contribution >= 0.6 is 0 Å². The topological polar surface area (TPSA) is 81.9 Å². The number of hydrogen-bond acceptors (Lipinski definition) is 5. The fourth-order valence-corrected chi connectivity index (χ4v) is 2.68. The van der Waals surface area contributed by atoms with E-state index in [-0.39, 0.29) is 11.9 Å². The number of benzene rings is 1. The third kappa shape index (κ3) is 3.72. The summed E-state index contributed by atoms with van der Waals surface area (Å²) >= 11 is 0. The van der Waals surface area contributed by atoms with Crippen LogP contribution in [0.1, 0.15) is 36.1 Å². The Morgan fingerprint density at radius 1 is 1.23 bits per heavy atom. The van der Waals surface area contributed by atoms with Gasteiger partial charge in [0.2, 0.25) is 5.88 Å². The van der Waals surface area contributed by atoms with Gasteiger partial charge in [-0.2, -0.15) is 5.10 Å². The first kappa shape index (κ1) is 17.6. The number of carbonyl (C=O) groups excluding carboxylic acids is 1. The minimum atomic E-state index is -0.232. The van der Waals surface area contributed by atoms with Gasteiger partial charge >= 0.3 is 0 Å². The molecule has 2 heterocycles. The zero-order valence-corrected chi connectivity index (χ0v) is 15.0. The smallest absolute Gasteiger partial charge is 0.251 e. The predicted octanol–water partition coefficient (Wildman–Crippen LogP) is 2.86. The van der Waals surface area contributed by atoms with Crippen LogP contribution in [0.5, 0.6) is 5.88 Å². The summed E-state index contributed by atoms with van der Waals surface area (Å²) in [5.74, 6) is 1.13. The summed E-state index contributed by atoms with van der Waals surface area (Å²) in [6, 6.07) is 12.6. The molecule has 1 atom stereocenters. The van der Waals surface area contributed by atoms with E-state index in [1.165, 1.54) is 6.33 Å². The summed E-state index contributed by atoms with van der Waals surface area (Å²) in [7, 11) is 1.58. The Kier molecular flexibility index (Phi) is 5.26. The molecule has 0 saturated heterocycles. The number of amides is 1. The van der Waals surface area contributed by atoms with Crippen molar-refractivity contribution >= 4 is 5.91 Å². The van der Waals surface area contributed by atoms with Crippen molar-refractivity contribution in [2.24, 2.45) is 0 Å². The van der Waals surface area contributed by atoms with Gasteiger partial charge in [-0.25, -0.2) is 14.6 Å². The summed E-state index contributed by atoms with van der Waals surface area (Å²) in [4.78, 5) is 21.1. The van der Waals surface area contributed by atoms with Crippen LogP contribution in [-0.4, -0.2) is 32.8 Å². The lowest BCUT2D eigenvalue weighted by Gasteiger charge is -2.14. The molecule has 0 saturated carbocycles. The van der Waals surface area contributed by atoms with Crippen LogP contribution < -0.4 is 10.1 Å². The Bertz CT molecular complexity index is 889. The van der Waals surface area contributed by atoms with Crippen LogP contribution in [0.25, 0.3) is 11.3 Å². The third-order valence-corrected chi connectivity index (χ3v) is 4.06. The molecule has 26 heavy (non-hydrogen) atoms. The summed E-state index contributed by atoms with van der Waals surface area (Å²) in [5.41, 5.74) is 2.28. The maximum atomic E-state index is 12.5. The van der Waals surface area contributed by atoms with Crippen LogP contribution in [0.2, 0.25) is 0 Å². The predicted molar refractivity (Wildman–Crippen MR) is 97.8 cm³/mol. The molecule has 1 amide bonds. The lowest BCUT2D eigenvalue weighted by molar-refractivity contribution is 0.0937. The highest BCUT2D eigenvalue weighted by Gasteiger charge is 2.16. The normalized spacial score (nSPS) is 11.8. The van der Waals surface area contributed by atoms with Gasteiger partial charge in [0.05, 0.1) is 18.8 Å². The fraction of sp³-hybridized carbons (Fsp3) is 0.263. The monoisotopic (exact) mass is 351 g/mol. The second kappa shape index (κ2) is 7.77. The van der Waals surface area contributed by atoms with Crippen molar-refractivity contribution in [2.75, 3.05) is 7.11 Å². The molecule has 1 N–H and O–H groups in total. The van der Waals surface area contributed by atoms with Gasteiger partial charge in [0.15, 0.2) is 0 Å². The molecule has 0 aliphatic rings. The van der Waals surface area contributed by atoms with Crippen molar-refractivity contribution in [3.05, 3.63) is 60.2 Å². The van der Waals surface area contributed by atoms with E-state index in [0.29, 0.717) is 18.0 Å². The van der Waals surface area contributed by atoms with Gasteiger partial charge in [0, 0.05) is 23.7 Å². The van der Waals surface area contributed by atoms with Crippen LogP contribution in [0.3, 0.4) is 0 Å². The highest BCUT2D eigenvalue weighted by atomic mass is 16.5. The summed E-state index contributed by atoms with van der Waals surface area (Å²) in [6.07, 6.45) is 1.50. The SMILES string of the molecule is CCn1ncnc1C(C)NC(=O)c1ccc(-c2cccc(OC)n2)cc1. The average molecular weight is 351 g/mol. The van der Waals surface area contributed by atoms with Gasteiger partial charge in [-0.1, -0.05) is 18.2 Å². The maximum Gasteiger partial charge on any atom is 0.251 e. The number of carbonyl (C=O) groups is 1. The van der Waals surface area contributed by atoms with Gasteiger partial charge in [-0.15, -0.1) is 0 Å². The van der Waals surface area contributed by atoms with Gasteiger partial charge in [0.1, 0.15) is 12.2 Å². The van der Waals surface area contributed by atoms with E-state index in [1.54, 1.807) is 30.0 Å². The first-order valence-corrected chi connectivity index (χ1v) is 8.42. The molecule has 1 unspecified atom stereocenters. The molecule has 0 aliphatic carbocycles. The lowest BCUT2D eigenvalue weighted by atomic mass is 10.1. The van der Waals surface area contributed by atoms with Crippen LogP contribution in [0, 0.1) is 0 Å². The molecule has 7 nitrogen and oxygen atoms in total. The Hall–Kier alpha value is -3.22. The summed E-state index contributed by atoms with van der Waals surface area (Å²) in [6.45, 7) is 4.58. The van der Waals surface area contributed by atoms with E-state index in [9.17, 15) is 4.79 Å². The number of methoxy groups -OCH3 is 1. The molecule has 0 bridgehead atoms. The van der Waals surface area contributed by atoms with Crippen molar-refractivity contribution in [3.8, 4) is 17.1 Å². The van der Waals surface area contributed by atoms with E-state index in [1.807, 2.05) is 38.1 Å². The van der Waals surface area contributed by atoms with Crippen LogP contribution in [0.4, 0.5) is 0 Å². The number of nitrogens with one attached hydrogen (secondary N) is 1. The highest BCUT2D eigenvalue weighted by molar-refractivity contribution is 5.94. The molecule has 0 spiro atoms. The molecule has 1 aromatic carbocycles. The quantitative estimate of drug-likeness (QED) is 0.738. The van der Waals surface area contributed by atoms with E-state index >= 15 is 0 Å². The van der Waals surface area contributed by atoms with Crippen molar-refractivity contribution in [2.45, 2.75) is 26.4 Å². The summed E-state index contributed by atoms with van der Waals surface area (Å²) < 4.78 is 6.91. The second-order valence-corrected chi connectivity index (χ2v) is 5.77. The Labute approximate surface area is 152 Å². The van der Waals surface area contributed by atoms with Crippen LogP contribution in [0.15, 0.2) is 48.8 Å². The number of rotatable bonds is 6. The zero-order valence-electron chi connectivity index (χ0n) is 15.0. The second-order valence-electron chi connectivity index (χ2n) is 5.77. The minimum Gasteiger partial charge on any atom is -0.481 e. The van der Waals surface area contributed by atoms with E-state index in [2.05, 4.69) is 20.4 Å². The number of ether oxygens (including phenoxy) is 1. The molecule has 0 aliphatic heterocycles. The molecular formula is C19H21N5O2. The van der Waals surface area contributed by atoms with Gasteiger partial charge in [-0.3, -0.25) is 4.79 Å². The van der Waals surface area contributed by atoms with E-state index in [0.717, 1.165) is 17.1 Å². The van der Waals surface area contributed by atoms with Gasteiger partial charge in [0.25, 0.3) is 5.91 Å². The average Bonchev–Trinajstić information content (AvgIpc) is 3.17. The largest absolute Gasteiger partial charge is 0.481 e. The molecule has 0 fully saturated rings. The standard InChI is InChI=1S/C19H21N5O2/c1-4-24-18(20-12-21-24)13(2)22-19(25)15-10-8-14(9-11-15)16-6-5-7-17(23-16)26-3/h5-13H,4H2,1-3H3,(H,22,25). The zero-order chi connectivity index (χ0) is 18.5. The van der Waals surface area contributed by atoms with Gasteiger partial charge < -0.3 is 10.1 Å². The number of aromatic nitrogens is 4. The molecule has 2 aromatic heterocycles. The summed E-state index contributed by atoms with van der Waals surface area (Å²) in [5, 5.41) is 7.09. The Balaban J connectivity index is 1.72. The van der Waals surface area contributed by atoms with Crippen molar-refractivity contribution in [1.29, 1.82) is 0 Å². The molecular weight excluding hydrogens is 330 g/mol. The number of aryl methyl sites for hydroxylation is 1. The van der Waals surface area contributed by atoms with Crippen LogP contribution in [-0.2, 0) is 6.54 Å². The lowest BCUT2D eigenvalue weighted by Crippen LogP contribution is -2.28.